The number of allylic oxidation sites excluding steroid dienone is 1. The third-order valence-electron chi connectivity index (χ3n) is 6.00. The number of ether oxygens (including phenoxy) is 1. The van der Waals surface area contributed by atoms with E-state index < -0.39 is 29.9 Å². The fourth-order valence-electron chi connectivity index (χ4n) is 3.71. The first-order valence-corrected chi connectivity index (χ1v) is 15.5. The molecule has 0 aromatic carbocycles. The summed E-state index contributed by atoms with van der Waals surface area (Å²) in [5.41, 5.74) is -0.147. The van der Waals surface area contributed by atoms with Gasteiger partial charge in [-0.3, -0.25) is 19.2 Å². The molecule has 0 saturated carbocycles. The van der Waals surface area contributed by atoms with E-state index in [0.717, 1.165) is 19.3 Å². The highest BCUT2D eigenvalue weighted by Crippen LogP contribution is 2.15. The maximum absolute atomic E-state index is 13.0. The Morgan fingerprint density at radius 3 is 2.67 bits per heavy atom. The Labute approximate surface area is 244 Å². The average Bonchev–Trinajstić information content (AvgIpc) is 3.38. The van der Waals surface area contributed by atoms with Crippen LogP contribution in [-0.4, -0.2) is 51.7 Å². The molecule has 1 aliphatic rings. The molecule has 0 unspecified atom stereocenters. The Bertz CT molecular complexity index is 1080. The lowest BCUT2D eigenvalue weighted by atomic mass is 10.0. The summed E-state index contributed by atoms with van der Waals surface area (Å²) >= 11 is 2.47. The molecule has 2 heterocycles. The third-order valence-corrected chi connectivity index (χ3v) is 7.82. The molecule has 0 fully saturated rings. The molecule has 2 atom stereocenters. The molecule has 2 rings (SSSR count). The maximum atomic E-state index is 13.0. The van der Waals surface area contributed by atoms with E-state index in [-0.39, 0.29) is 41.3 Å². The number of carbonyl (C=O) groups is 5. The number of aromatic nitrogens is 1. The topological polar surface area (TPSA) is 144 Å². The van der Waals surface area contributed by atoms with Crippen molar-refractivity contribution < 1.29 is 28.7 Å². The maximum Gasteiger partial charge on any atom is 0.329 e. The number of hydrogen-bond acceptors (Lipinski definition) is 9. The fraction of sp³-hybridized carbons (Fsp3) is 0.571. The van der Waals surface area contributed by atoms with Crippen molar-refractivity contribution in [3.63, 3.8) is 0 Å². The summed E-state index contributed by atoms with van der Waals surface area (Å²) in [7, 11) is 0. The van der Waals surface area contributed by atoms with Gasteiger partial charge in [0, 0.05) is 17.6 Å². The largest absolute Gasteiger partial charge is 0.456 e. The minimum atomic E-state index is -1.04. The Kier molecular flexibility index (Phi) is 14.7. The highest BCUT2D eigenvalue weighted by atomic mass is 32.2. The monoisotopic (exact) mass is 592 g/mol. The van der Waals surface area contributed by atoms with Crippen LogP contribution >= 0.6 is 23.1 Å². The number of unbranched alkanes of at least 4 members (excludes halogenated alkanes) is 4. The van der Waals surface area contributed by atoms with Crippen LogP contribution < -0.4 is 16.0 Å². The number of esters is 1. The van der Waals surface area contributed by atoms with Gasteiger partial charge in [0.1, 0.15) is 22.8 Å². The lowest BCUT2D eigenvalue weighted by Crippen LogP contribution is -2.48. The van der Waals surface area contributed by atoms with Gasteiger partial charge in [0.15, 0.2) is 5.12 Å². The van der Waals surface area contributed by atoms with E-state index >= 15 is 0 Å². The van der Waals surface area contributed by atoms with Crippen molar-refractivity contribution in [2.75, 3.05) is 5.75 Å². The van der Waals surface area contributed by atoms with Crippen molar-refractivity contribution in [1.82, 2.24) is 20.9 Å². The van der Waals surface area contributed by atoms with E-state index in [0.29, 0.717) is 23.6 Å². The summed E-state index contributed by atoms with van der Waals surface area (Å²) in [6.45, 7) is 9.32. The quantitative estimate of drug-likeness (QED) is 0.151. The predicted octanol–water partition coefficient (Wildman–Crippen LogP) is 4.03. The molecule has 2 bridgehead atoms. The normalized spacial score (nSPS) is 19.4. The van der Waals surface area contributed by atoms with E-state index in [9.17, 15) is 24.0 Å². The molecular weight excluding hydrogens is 552 g/mol. The van der Waals surface area contributed by atoms with E-state index in [1.165, 1.54) is 41.3 Å². The van der Waals surface area contributed by atoms with Crippen molar-refractivity contribution in [3.05, 3.63) is 40.5 Å². The molecule has 0 saturated heterocycles. The lowest BCUT2D eigenvalue weighted by molar-refractivity contribution is -0.153. The van der Waals surface area contributed by atoms with E-state index in [1.807, 2.05) is 0 Å². The molecular formula is C28H40N4O6S2. The SMILES string of the molecule is C=C1NC(=O)c2csc(n2)CNC(=O)C[C@@H](/C=C/CCSC(=O)CCCCCCC)OC(=O)[C@H](C(C)C)NC1=O. The van der Waals surface area contributed by atoms with Crippen LogP contribution in [-0.2, 0) is 30.5 Å². The molecule has 40 heavy (non-hydrogen) atoms. The molecule has 3 N–H and O–H groups in total. The standard InChI is InChI=1S/C28H40N4O6S2/c1-5-6-7-8-9-13-24(34)39-14-11-10-12-20-15-22(33)29-16-23-31-21(17-40-23)27(36)30-19(4)26(35)32-25(18(2)3)28(37)38-20/h10,12,17-18,20,25H,4-9,11,13-16H2,1-3H3,(H,29,33)(H,30,36)(H,32,35)/b12-10+/t20-,25+/m1/s1. The molecule has 0 aliphatic carbocycles. The van der Waals surface area contributed by atoms with Crippen molar-refractivity contribution in [2.45, 2.75) is 90.8 Å². The molecule has 1 aromatic rings. The van der Waals surface area contributed by atoms with Crippen LogP contribution in [0.2, 0.25) is 0 Å². The van der Waals surface area contributed by atoms with Crippen LogP contribution in [0.15, 0.2) is 29.8 Å². The van der Waals surface area contributed by atoms with Crippen LogP contribution in [0.1, 0.15) is 87.6 Å². The zero-order chi connectivity index (χ0) is 29.5. The molecule has 0 radical (unpaired) electrons. The number of thioether (sulfide) groups is 1. The number of nitrogens with zero attached hydrogens (tertiary/aromatic N) is 1. The van der Waals surface area contributed by atoms with Crippen molar-refractivity contribution >= 4 is 51.9 Å². The second-order valence-corrected chi connectivity index (χ2v) is 11.9. The highest BCUT2D eigenvalue weighted by molar-refractivity contribution is 8.13. The number of thiazole rings is 1. The molecule has 10 nitrogen and oxygen atoms in total. The summed E-state index contributed by atoms with van der Waals surface area (Å²) in [6.07, 6.45) is 9.02. The van der Waals surface area contributed by atoms with Gasteiger partial charge in [-0.15, -0.1) is 11.3 Å². The van der Waals surface area contributed by atoms with Crippen LogP contribution in [0.25, 0.3) is 0 Å². The second kappa shape index (κ2) is 17.6. The van der Waals surface area contributed by atoms with Crippen LogP contribution in [0.3, 0.4) is 0 Å². The number of amides is 3. The van der Waals surface area contributed by atoms with Gasteiger partial charge in [-0.2, -0.15) is 0 Å². The lowest BCUT2D eigenvalue weighted by Gasteiger charge is -2.24. The van der Waals surface area contributed by atoms with Gasteiger partial charge in [0.05, 0.1) is 18.7 Å². The number of nitrogens with one attached hydrogen (secondary N) is 3. The fourth-order valence-corrected chi connectivity index (χ4v) is 5.20. The van der Waals surface area contributed by atoms with Crippen molar-refractivity contribution in [2.24, 2.45) is 5.92 Å². The van der Waals surface area contributed by atoms with Gasteiger partial charge >= 0.3 is 5.97 Å². The molecule has 220 valence electrons. The molecule has 0 spiro atoms. The van der Waals surface area contributed by atoms with Crippen molar-refractivity contribution in [1.29, 1.82) is 0 Å². The number of cyclic esters (lactones) is 1. The summed E-state index contributed by atoms with van der Waals surface area (Å²) in [5.74, 6) is -2.20. The van der Waals surface area contributed by atoms with Crippen LogP contribution in [0, 0.1) is 5.92 Å². The molecule has 12 heteroatoms. The van der Waals surface area contributed by atoms with Gasteiger partial charge in [0.2, 0.25) is 5.91 Å². The number of rotatable bonds is 11. The van der Waals surface area contributed by atoms with Gasteiger partial charge in [-0.25, -0.2) is 9.78 Å². The first kappa shape index (κ1) is 33.2. The van der Waals surface area contributed by atoms with E-state index in [2.05, 4.69) is 34.4 Å². The summed E-state index contributed by atoms with van der Waals surface area (Å²) in [6, 6.07) is -1.04. The smallest absolute Gasteiger partial charge is 0.329 e. The highest BCUT2D eigenvalue weighted by Gasteiger charge is 2.29. The molecule has 1 aliphatic heterocycles. The van der Waals surface area contributed by atoms with E-state index in [4.69, 9.17) is 4.74 Å². The summed E-state index contributed by atoms with van der Waals surface area (Å²) < 4.78 is 5.64. The third kappa shape index (κ3) is 12.0. The number of fused-ring (bicyclic) bond motifs is 2. The first-order chi connectivity index (χ1) is 19.1. The van der Waals surface area contributed by atoms with Crippen LogP contribution in [0.5, 0.6) is 0 Å². The Morgan fingerprint density at radius 1 is 1.20 bits per heavy atom. The predicted molar refractivity (Wildman–Crippen MR) is 156 cm³/mol. The minimum Gasteiger partial charge on any atom is -0.456 e. The Morgan fingerprint density at radius 2 is 1.95 bits per heavy atom. The van der Waals surface area contributed by atoms with Gasteiger partial charge in [0.25, 0.3) is 11.8 Å². The average molecular weight is 593 g/mol. The first-order valence-electron chi connectivity index (χ1n) is 13.7. The molecule has 1 aromatic heterocycles. The minimum absolute atomic E-state index is 0.0868. The van der Waals surface area contributed by atoms with Crippen molar-refractivity contribution in [3.8, 4) is 0 Å². The Hall–Kier alpha value is -2.99. The second-order valence-electron chi connectivity index (χ2n) is 9.81. The van der Waals surface area contributed by atoms with E-state index in [1.54, 1.807) is 26.0 Å². The van der Waals surface area contributed by atoms with Gasteiger partial charge in [-0.05, 0) is 24.8 Å². The van der Waals surface area contributed by atoms with Gasteiger partial charge < -0.3 is 20.7 Å². The zero-order valence-corrected chi connectivity index (χ0v) is 25.1. The summed E-state index contributed by atoms with van der Waals surface area (Å²) in [5, 5.41) is 9.86. The Balaban J connectivity index is 2.05. The van der Waals surface area contributed by atoms with Crippen LogP contribution in [0.4, 0.5) is 0 Å². The zero-order valence-electron chi connectivity index (χ0n) is 23.5. The number of carbonyl (C=O) groups excluding carboxylic acids is 5. The molecule has 3 amide bonds. The number of hydrogen-bond donors (Lipinski definition) is 3. The summed E-state index contributed by atoms with van der Waals surface area (Å²) in [4.78, 5) is 67.1. The van der Waals surface area contributed by atoms with Gasteiger partial charge in [-0.1, -0.05) is 70.9 Å².